The summed E-state index contributed by atoms with van der Waals surface area (Å²) >= 11 is 0. The molecule has 2 aliphatic heterocycles. The highest BCUT2D eigenvalue weighted by molar-refractivity contribution is 5.90. The quantitative estimate of drug-likeness (QED) is 0.756. The van der Waals surface area contributed by atoms with Crippen LogP contribution in [0.5, 0.6) is 0 Å². The van der Waals surface area contributed by atoms with Gasteiger partial charge in [-0.05, 0) is 43.2 Å². The average Bonchev–Trinajstić information content (AvgIpc) is 3.17. The minimum Gasteiger partial charge on any atom is -0.342 e. The summed E-state index contributed by atoms with van der Waals surface area (Å²) in [6.07, 6.45) is 2.99. The van der Waals surface area contributed by atoms with Gasteiger partial charge in [-0.2, -0.15) is 4.98 Å². The van der Waals surface area contributed by atoms with E-state index >= 15 is 0 Å². The third kappa shape index (κ3) is 3.54. The first-order valence-corrected chi connectivity index (χ1v) is 9.35. The van der Waals surface area contributed by atoms with E-state index in [1.165, 1.54) is 18.2 Å². The first kappa shape index (κ1) is 18.3. The molecule has 0 N–H and O–H groups in total. The molecule has 2 aromatic rings. The highest BCUT2D eigenvalue weighted by atomic mass is 19.1. The molecule has 8 heteroatoms. The topological polar surface area (TPSA) is 79.5 Å². The van der Waals surface area contributed by atoms with Crippen LogP contribution in [0.3, 0.4) is 0 Å². The Kier molecular flexibility index (Phi) is 4.93. The highest BCUT2D eigenvalue weighted by Gasteiger charge is 2.39. The van der Waals surface area contributed by atoms with Crippen LogP contribution < -0.4 is 0 Å². The highest BCUT2D eigenvalue weighted by Crippen LogP contribution is 2.29. The summed E-state index contributed by atoms with van der Waals surface area (Å²) in [6.45, 7) is 5.57. The van der Waals surface area contributed by atoms with Gasteiger partial charge in [0.05, 0.1) is 11.8 Å². The van der Waals surface area contributed by atoms with E-state index in [1.807, 2.05) is 4.90 Å². The lowest BCUT2D eigenvalue weighted by Crippen LogP contribution is -2.57. The smallest absolute Gasteiger partial charge is 0.246 e. The van der Waals surface area contributed by atoms with Gasteiger partial charge in [-0.3, -0.25) is 9.59 Å². The van der Waals surface area contributed by atoms with Gasteiger partial charge < -0.3 is 14.3 Å². The van der Waals surface area contributed by atoms with Crippen molar-refractivity contribution >= 4 is 11.8 Å². The Bertz CT molecular complexity index is 889. The Morgan fingerprint density at radius 3 is 2.64 bits per heavy atom. The Hall–Kier alpha value is -3.03. The van der Waals surface area contributed by atoms with Crippen LogP contribution in [-0.2, 0) is 9.59 Å². The second kappa shape index (κ2) is 7.53. The van der Waals surface area contributed by atoms with Crippen LogP contribution in [-0.4, -0.2) is 57.9 Å². The summed E-state index contributed by atoms with van der Waals surface area (Å²) in [6, 6.07) is 5.91. The predicted octanol–water partition coefficient (Wildman–Crippen LogP) is 2.23. The Labute approximate surface area is 161 Å². The van der Waals surface area contributed by atoms with E-state index in [-0.39, 0.29) is 29.5 Å². The molecule has 0 radical (unpaired) electrons. The molecule has 1 atom stereocenters. The monoisotopic (exact) mass is 384 g/mol. The molecule has 28 heavy (non-hydrogen) atoms. The number of carbonyl (C=O) groups excluding carboxylic acids is 2. The maximum atomic E-state index is 13.1. The number of benzene rings is 1. The van der Waals surface area contributed by atoms with Gasteiger partial charge in [0.2, 0.25) is 23.5 Å². The molecule has 2 aliphatic rings. The molecule has 146 valence electrons. The standard InChI is InChI=1S/C20H21FN4O3/c1-2-17(26)25-11-15(12-25)20(27)24-9-3-4-14(10-24)19-22-18(23-28-19)13-5-7-16(21)8-6-13/h2,5-8,14-15H,1,3-4,9-12H2. The number of piperidine rings is 1. The van der Waals surface area contributed by atoms with Gasteiger partial charge in [0, 0.05) is 31.7 Å². The summed E-state index contributed by atoms with van der Waals surface area (Å²) in [7, 11) is 0. The second-order valence-electron chi connectivity index (χ2n) is 7.23. The largest absolute Gasteiger partial charge is 0.342 e. The molecule has 0 aliphatic carbocycles. The van der Waals surface area contributed by atoms with Crippen LogP contribution in [0, 0.1) is 11.7 Å². The van der Waals surface area contributed by atoms with Crippen molar-refractivity contribution in [3.05, 3.63) is 48.6 Å². The third-order valence-corrected chi connectivity index (χ3v) is 5.34. The first-order chi connectivity index (χ1) is 13.5. The summed E-state index contributed by atoms with van der Waals surface area (Å²) in [5.74, 6) is 0.338. The molecular formula is C20H21FN4O3. The minimum absolute atomic E-state index is 0.0228. The molecule has 2 amide bonds. The van der Waals surface area contributed by atoms with Gasteiger partial charge in [-0.25, -0.2) is 4.39 Å². The number of likely N-dealkylation sites (tertiary alicyclic amines) is 2. The van der Waals surface area contributed by atoms with E-state index in [1.54, 1.807) is 17.0 Å². The summed E-state index contributed by atoms with van der Waals surface area (Å²) in [5.41, 5.74) is 0.682. The number of nitrogens with zero attached hydrogens (tertiary/aromatic N) is 4. The zero-order chi connectivity index (χ0) is 19.7. The van der Waals surface area contributed by atoms with E-state index in [2.05, 4.69) is 16.7 Å². The first-order valence-electron chi connectivity index (χ1n) is 9.35. The fourth-order valence-corrected chi connectivity index (χ4v) is 3.70. The van der Waals surface area contributed by atoms with Crippen molar-refractivity contribution < 1.29 is 18.5 Å². The average molecular weight is 384 g/mol. The van der Waals surface area contributed by atoms with Crippen molar-refractivity contribution in [2.75, 3.05) is 26.2 Å². The summed E-state index contributed by atoms with van der Waals surface area (Å²) < 4.78 is 18.5. The molecule has 2 fully saturated rings. The van der Waals surface area contributed by atoms with Crippen molar-refractivity contribution in [2.45, 2.75) is 18.8 Å². The number of rotatable bonds is 4. The van der Waals surface area contributed by atoms with Crippen LogP contribution in [0.1, 0.15) is 24.7 Å². The number of carbonyl (C=O) groups is 2. The second-order valence-corrected chi connectivity index (χ2v) is 7.23. The fourth-order valence-electron chi connectivity index (χ4n) is 3.70. The Morgan fingerprint density at radius 2 is 1.93 bits per heavy atom. The lowest BCUT2D eigenvalue weighted by molar-refractivity contribution is -0.147. The SMILES string of the molecule is C=CC(=O)N1CC(C(=O)N2CCCC(c3nc(-c4ccc(F)cc4)no3)C2)C1. The van der Waals surface area contributed by atoms with Crippen molar-refractivity contribution in [3.63, 3.8) is 0 Å². The zero-order valence-electron chi connectivity index (χ0n) is 15.4. The molecule has 0 bridgehead atoms. The summed E-state index contributed by atoms with van der Waals surface area (Å²) in [5, 5.41) is 4.00. The number of amides is 2. The molecule has 1 aromatic heterocycles. The van der Waals surface area contributed by atoms with E-state index < -0.39 is 0 Å². The van der Waals surface area contributed by atoms with Gasteiger partial charge in [-0.15, -0.1) is 0 Å². The van der Waals surface area contributed by atoms with E-state index in [4.69, 9.17) is 4.52 Å². The molecule has 3 heterocycles. The molecule has 4 rings (SSSR count). The number of aromatic nitrogens is 2. The number of hydrogen-bond donors (Lipinski definition) is 0. The number of hydrogen-bond acceptors (Lipinski definition) is 5. The lowest BCUT2D eigenvalue weighted by atomic mass is 9.93. The van der Waals surface area contributed by atoms with Crippen molar-refractivity contribution in [3.8, 4) is 11.4 Å². The molecule has 2 saturated heterocycles. The third-order valence-electron chi connectivity index (χ3n) is 5.34. The van der Waals surface area contributed by atoms with Crippen LogP contribution in [0.2, 0.25) is 0 Å². The number of halogens is 1. The van der Waals surface area contributed by atoms with Gasteiger partial charge in [0.15, 0.2) is 0 Å². The van der Waals surface area contributed by atoms with Crippen LogP contribution >= 0.6 is 0 Å². The van der Waals surface area contributed by atoms with E-state index in [0.717, 1.165) is 12.8 Å². The molecule has 0 saturated carbocycles. The van der Waals surface area contributed by atoms with Gasteiger partial charge in [0.25, 0.3) is 0 Å². The molecular weight excluding hydrogens is 363 g/mol. The summed E-state index contributed by atoms with van der Waals surface area (Å²) in [4.78, 5) is 32.2. The molecule has 1 unspecified atom stereocenters. The minimum atomic E-state index is -0.321. The van der Waals surface area contributed by atoms with Gasteiger partial charge in [0.1, 0.15) is 5.82 Å². The zero-order valence-corrected chi connectivity index (χ0v) is 15.4. The van der Waals surface area contributed by atoms with Gasteiger partial charge >= 0.3 is 0 Å². The van der Waals surface area contributed by atoms with Crippen LogP contribution in [0.15, 0.2) is 41.4 Å². The van der Waals surface area contributed by atoms with Gasteiger partial charge in [-0.1, -0.05) is 11.7 Å². The van der Waals surface area contributed by atoms with Crippen LogP contribution in [0.25, 0.3) is 11.4 Å². The fraction of sp³-hybridized carbons (Fsp3) is 0.400. The molecule has 0 spiro atoms. The molecule has 1 aromatic carbocycles. The van der Waals surface area contributed by atoms with E-state index in [9.17, 15) is 14.0 Å². The normalized spacial score (nSPS) is 20.0. The Morgan fingerprint density at radius 1 is 1.18 bits per heavy atom. The predicted molar refractivity (Wildman–Crippen MR) is 98.5 cm³/mol. The van der Waals surface area contributed by atoms with Crippen molar-refractivity contribution in [1.29, 1.82) is 0 Å². The maximum absolute atomic E-state index is 13.1. The van der Waals surface area contributed by atoms with E-state index in [0.29, 0.717) is 43.5 Å². The maximum Gasteiger partial charge on any atom is 0.246 e. The molecule has 7 nitrogen and oxygen atoms in total. The lowest BCUT2D eigenvalue weighted by Gasteiger charge is -2.41. The van der Waals surface area contributed by atoms with Crippen LogP contribution in [0.4, 0.5) is 4.39 Å². The van der Waals surface area contributed by atoms with Crippen molar-refractivity contribution in [1.82, 2.24) is 19.9 Å². The van der Waals surface area contributed by atoms with Crippen molar-refractivity contribution in [2.24, 2.45) is 5.92 Å². The Balaban J connectivity index is 1.39.